The molecule has 1 amide bonds. The zero-order chi connectivity index (χ0) is 22.0. The maximum Gasteiger partial charge on any atom is 0.424 e. The fraction of sp³-hybridized carbons (Fsp3) is 0.438. The Labute approximate surface area is 159 Å². The van der Waals surface area contributed by atoms with Gasteiger partial charge in [0.2, 0.25) is 0 Å². The predicted octanol–water partition coefficient (Wildman–Crippen LogP) is 4.28. The summed E-state index contributed by atoms with van der Waals surface area (Å²) in [7, 11) is 0. The van der Waals surface area contributed by atoms with Crippen LogP contribution in [0.25, 0.3) is 4.85 Å². The van der Waals surface area contributed by atoms with Gasteiger partial charge in [0.05, 0.1) is 18.7 Å². The van der Waals surface area contributed by atoms with Crippen LogP contribution in [0.1, 0.15) is 18.9 Å². The van der Waals surface area contributed by atoms with Crippen molar-refractivity contribution in [1.82, 2.24) is 0 Å². The Morgan fingerprint density at radius 3 is 2.48 bits per heavy atom. The molecule has 0 radical (unpaired) electrons. The smallest absolute Gasteiger partial charge is 0.424 e. The highest BCUT2D eigenvalue weighted by molar-refractivity contribution is 6.00. The van der Waals surface area contributed by atoms with Gasteiger partial charge in [0.1, 0.15) is 0 Å². The summed E-state index contributed by atoms with van der Waals surface area (Å²) in [6.07, 6.45) is -11.4. The van der Waals surface area contributed by atoms with E-state index in [1.807, 2.05) is 0 Å². The van der Waals surface area contributed by atoms with Crippen molar-refractivity contribution >= 4 is 23.3 Å². The zero-order valence-electron chi connectivity index (χ0n) is 14.6. The summed E-state index contributed by atoms with van der Waals surface area (Å²) in [5, 5.41) is 7.83. The second kappa shape index (κ2) is 7.69. The average molecular weight is 422 g/mol. The molecular weight excluding hydrogens is 410 g/mol. The number of esters is 1. The molecule has 1 aromatic carbocycles. The molecule has 0 aliphatic carbocycles. The summed E-state index contributed by atoms with van der Waals surface area (Å²) in [4.78, 5) is 26.7. The SMILES string of the molecule is [C-]#[N+]c1ccc(NC(=O)C2(C(F)(F)F)CC(C(=O)OCC)N=N2)cc1C(F)(F)F. The average Bonchev–Trinajstić information content (AvgIpc) is 3.08. The van der Waals surface area contributed by atoms with Gasteiger partial charge in [0, 0.05) is 12.1 Å². The van der Waals surface area contributed by atoms with Crippen molar-refractivity contribution in [3.63, 3.8) is 0 Å². The van der Waals surface area contributed by atoms with Gasteiger partial charge in [-0.25, -0.2) is 9.64 Å². The van der Waals surface area contributed by atoms with Gasteiger partial charge in [-0.2, -0.15) is 36.6 Å². The molecule has 0 saturated carbocycles. The molecule has 1 heterocycles. The van der Waals surface area contributed by atoms with Gasteiger partial charge < -0.3 is 10.1 Å². The van der Waals surface area contributed by atoms with Gasteiger partial charge in [-0.3, -0.25) is 4.79 Å². The number of alkyl halides is 6. The molecule has 1 aliphatic heterocycles. The van der Waals surface area contributed by atoms with E-state index in [1.54, 1.807) is 5.32 Å². The lowest BCUT2D eigenvalue weighted by atomic mass is 9.91. The molecular formula is C16H12F6N4O3. The topological polar surface area (TPSA) is 84.5 Å². The first-order valence-corrected chi connectivity index (χ1v) is 7.91. The molecule has 2 rings (SSSR count). The van der Waals surface area contributed by atoms with Crippen LogP contribution in [0.2, 0.25) is 0 Å². The summed E-state index contributed by atoms with van der Waals surface area (Å²) >= 11 is 0. The quantitative estimate of drug-likeness (QED) is 0.447. The third kappa shape index (κ3) is 4.30. The molecule has 2 atom stereocenters. The van der Waals surface area contributed by atoms with Crippen LogP contribution in [-0.4, -0.2) is 36.2 Å². The molecule has 0 aromatic heterocycles. The van der Waals surface area contributed by atoms with Crippen molar-refractivity contribution < 1.29 is 40.7 Å². The van der Waals surface area contributed by atoms with Crippen LogP contribution in [0.15, 0.2) is 28.4 Å². The minimum Gasteiger partial charge on any atom is -0.464 e. The predicted molar refractivity (Wildman–Crippen MR) is 85.0 cm³/mol. The minimum absolute atomic E-state index is 0.135. The van der Waals surface area contributed by atoms with E-state index in [2.05, 4.69) is 19.8 Å². The Morgan fingerprint density at radius 1 is 1.31 bits per heavy atom. The van der Waals surface area contributed by atoms with Crippen molar-refractivity contribution in [2.45, 2.75) is 37.3 Å². The Morgan fingerprint density at radius 2 is 1.97 bits per heavy atom. The molecule has 156 valence electrons. The first kappa shape index (κ1) is 22.1. The third-order valence-electron chi connectivity index (χ3n) is 3.94. The standard InChI is InChI=1S/C16H12F6N4O3/c1-3-29-12(27)11-7-14(26-25-11,16(20,21)22)13(28)24-8-4-5-10(23-2)9(6-8)15(17,18)19/h4-6,11H,3,7H2,1H3,(H,24,28). The number of amides is 1. The van der Waals surface area contributed by atoms with Crippen molar-refractivity contribution in [2.24, 2.45) is 10.2 Å². The zero-order valence-corrected chi connectivity index (χ0v) is 14.6. The van der Waals surface area contributed by atoms with Crippen LogP contribution in [-0.2, 0) is 20.5 Å². The number of hydrogen-bond acceptors (Lipinski definition) is 5. The van der Waals surface area contributed by atoms with Gasteiger partial charge in [0.25, 0.3) is 11.4 Å². The number of benzene rings is 1. The van der Waals surface area contributed by atoms with Gasteiger partial charge >= 0.3 is 18.3 Å². The van der Waals surface area contributed by atoms with Crippen LogP contribution in [0.5, 0.6) is 0 Å². The van der Waals surface area contributed by atoms with Crippen LogP contribution >= 0.6 is 0 Å². The highest BCUT2D eigenvalue weighted by Crippen LogP contribution is 2.44. The maximum absolute atomic E-state index is 13.6. The summed E-state index contributed by atoms with van der Waals surface area (Å²) in [6.45, 7) is 8.02. The molecule has 0 bridgehead atoms. The fourth-order valence-electron chi connectivity index (χ4n) is 2.51. The number of carbonyl (C=O) groups is 2. The van der Waals surface area contributed by atoms with Gasteiger partial charge in [0.15, 0.2) is 11.7 Å². The fourth-order valence-corrected chi connectivity index (χ4v) is 2.51. The minimum atomic E-state index is -5.29. The van der Waals surface area contributed by atoms with Crippen molar-refractivity contribution in [2.75, 3.05) is 11.9 Å². The molecule has 2 unspecified atom stereocenters. The lowest BCUT2D eigenvalue weighted by molar-refractivity contribution is -0.188. The van der Waals surface area contributed by atoms with Gasteiger partial charge in [-0.1, -0.05) is 6.07 Å². The summed E-state index contributed by atoms with van der Waals surface area (Å²) in [6, 6.07) is 0.213. The number of nitrogens with zero attached hydrogens (tertiary/aromatic N) is 3. The first-order valence-electron chi connectivity index (χ1n) is 7.91. The summed E-state index contributed by atoms with van der Waals surface area (Å²) in [5.41, 5.74) is -6.32. The Hall–Kier alpha value is -3.17. The van der Waals surface area contributed by atoms with E-state index in [9.17, 15) is 35.9 Å². The van der Waals surface area contributed by atoms with E-state index in [4.69, 9.17) is 6.57 Å². The highest BCUT2D eigenvalue weighted by atomic mass is 19.4. The lowest BCUT2D eigenvalue weighted by Crippen LogP contribution is -2.53. The van der Waals surface area contributed by atoms with E-state index in [-0.39, 0.29) is 6.61 Å². The second-order valence-corrected chi connectivity index (χ2v) is 5.84. The molecule has 1 aliphatic rings. The van der Waals surface area contributed by atoms with Crippen molar-refractivity contribution in [1.29, 1.82) is 0 Å². The van der Waals surface area contributed by atoms with Gasteiger partial charge in [-0.05, 0) is 19.1 Å². The van der Waals surface area contributed by atoms with E-state index in [0.717, 1.165) is 6.07 Å². The monoisotopic (exact) mass is 422 g/mol. The van der Waals surface area contributed by atoms with Crippen LogP contribution in [0.4, 0.5) is 37.7 Å². The largest absolute Gasteiger partial charge is 0.464 e. The van der Waals surface area contributed by atoms with Crippen LogP contribution in [0, 0.1) is 6.57 Å². The van der Waals surface area contributed by atoms with Crippen LogP contribution in [0.3, 0.4) is 0 Å². The van der Waals surface area contributed by atoms with Gasteiger partial charge in [-0.15, -0.1) is 0 Å². The lowest BCUT2D eigenvalue weighted by Gasteiger charge is -2.26. The Kier molecular flexibility index (Phi) is 5.86. The highest BCUT2D eigenvalue weighted by Gasteiger charge is 2.65. The van der Waals surface area contributed by atoms with E-state index in [0.29, 0.717) is 12.1 Å². The van der Waals surface area contributed by atoms with E-state index in [1.165, 1.54) is 6.92 Å². The number of anilines is 1. The summed E-state index contributed by atoms with van der Waals surface area (Å²) < 4.78 is 84.4. The molecule has 1 aromatic rings. The first-order chi connectivity index (χ1) is 13.4. The number of rotatable bonds is 4. The molecule has 1 N–H and O–H groups in total. The van der Waals surface area contributed by atoms with Crippen molar-refractivity contribution in [3.8, 4) is 0 Å². The Balaban J connectivity index is 2.36. The molecule has 0 saturated heterocycles. The normalized spacial score (nSPS) is 21.5. The molecule has 0 spiro atoms. The van der Waals surface area contributed by atoms with E-state index >= 15 is 0 Å². The summed E-state index contributed by atoms with van der Waals surface area (Å²) in [5.74, 6) is -2.93. The van der Waals surface area contributed by atoms with Crippen molar-refractivity contribution in [3.05, 3.63) is 35.2 Å². The number of ether oxygens (including phenoxy) is 1. The number of hydrogen-bond donors (Lipinski definition) is 1. The Bertz CT molecular complexity index is 890. The molecule has 29 heavy (non-hydrogen) atoms. The number of azo groups is 1. The maximum atomic E-state index is 13.6. The molecule has 13 heteroatoms. The molecule has 7 nitrogen and oxygen atoms in total. The number of halogens is 6. The number of carbonyl (C=O) groups excluding carboxylic acids is 2. The van der Waals surface area contributed by atoms with E-state index < -0.39 is 59.2 Å². The third-order valence-corrected chi connectivity index (χ3v) is 3.94. The number of nitrogens with one attached hydrogen (secondary N) is 1. The second-order valence-electron chi connectivity index (χ2n) is 5.84. The molecule has 0 fully saturated rings. The van der Waals surface area contributed by atoms with Crippen LogP contribution < -0.4 is 5.32 Å².